The lowest BCUT2D eigenvalue weighted by molar-refractivity contribution is -0.123. The number of aliphatic hydroxyl groups is 1. The zero-order valence-electron chi connectivity index (χ0n) is 15.3. The average molecular weight is 332 g/mol. The molecule has 1 amide bonds. The van der Waals surface area contributed by atoms with Crippen LogP contribution < -0.4 is 5.32 Å². The van der Waals surface area contributed by atoms with Gasteiger partial charge in [-0.05, 0) is 69.2 Å². The molecule has 1 aromatic carbocycles. The summed E-state index contributed by atoms with van der Waals surface area (Å²) in [5, 5.41) is 12.7. The first-order valence-electron chi connectivity index (χ1n) is 9.15. The van der Waals surface area contributed by atoms with Crippen molar-refractivity contribution < 1.29 is 9.90 Å². The van der Waals surface area contributed by atoms with Crippen molar-refractivity contribution in [2.75, 3.05) is 26.2 Å². The maximum Gasteiger partial charge on any atom is 0.234 e. The second-order valence-electron chi connectivity index (χ2n) is 7.39. The van der Waals surface area contributed by atoms with E-state index in [0.717, 1.165) is 38.8 Å². The van der Waals surface area contributed by atoms with Crippen LogP contribution in [0.5, 0.6) is 0 Å². The van der Waals surface area contributed by atoms with E-state index in [9.17, 15) is 9.90 Å². The van der Waals surface area contributed by atoms with Gasteiger partial charge in [0.05, 0.1) is 6.54 Å². The van der Waals surface area contributed by atoms with Crippen LogP contribution in [0.1, 0.15) is 44.2 Å². The molecule has 0 bridgehead atoms. The number of piperidine rings is 1. The summed E-state index contributed by atoms with van der Waals surface area (Å²) < 4.78 is 0. The van der Waals surface area contributed by atoms with Crippen LogP contribution in [0.3, 0.4) is 0 Å². The Kier molecular flexibility index (Phi) is 6.81. The fourth-order valence-electron chi connectivity index (χ4n) is 3.55. The lowest BCUT2D eigenvalue weighted by atomic mass is 9.77. The topological polar surface area (TPSA) is 52.6 Å². The smallest absolute Gasteiger partial charge is 0.234 e. The summed E-state index contributed by atoms with van der Waals surface area (Å²) >= 11 is 0. The first kappa shape index (κ1) is 18.9. The summed E-state index contributed by atoms with van der Waals surface area (Å²) in [6.07, 6.45) is 3.83. The summed E-state index contributed by atoms with van der Waals surface area (Å²) in [6.45, 7) is 8.83. The maximum absolute atomic E-state index is 12.3. The van der Waals surface area contributed by atoms with E-state index < -0.39 is 0 Å². The number of amides is 1. The number of aryl methyl sites for hydroxylation is 1. The number of nitrogens with zero attached hydrogens (tertiary/aromatic N) is 1. The zero-order valence-corrected chi connectivity index (χ0v) is 15.3. The van der Waals surface area contributed by atoms with E-state index in [1.807, 2.05) is 12.1 Å². The molecule has 4 heteroatoms. The normalized spacial score (nSPS) is 19.0. The van der Waals surface area contributed by atoms with Gasteiger partial charge in [-0.25, -0.2) is 0 Å². The van der Waals surface area contributed by atoms with Gasteiger partial charge in [0.25, 0.3) is 0 Å². The number of aliphatic hydroxyl groups excluding tert-OH is 1. The Morgan fingerprint density at radius 1 is 1.33 bits per heavy atom. The number of hydrogen-bond acceptors (Lipinski definition) is 3. The van der Waals surface area contributed by atoms with Crippen molar-refractivity contribution in [1.29, 1.82) is 0 Å². The largest absolute Gasteiger partial charge is 0.396 e. The van der Waals surface area contributed by atoms with Gasteiger partial charge in [-0.1, -0.05) is 31.2 Å². The molecule has 0 spiro atoms. The third kappa shape index (κ3) is 5.05. The molecule has 1 fully saturated rings. The highest BCUT2D eigenvalue weighted by Gasteiger charge is 2.32. The van der Waals surface area contributed by atoms with Crippen LogP contribution in [0.2, 0.25) is 0 Å². The van der Waals surface area contributed by atoms with Crippen molar-refractivity contribution in [2.45, 2.75) is 52.5 Å². The van der Waals surface area contributed by atoms with Gasteiger partial charge in [0, 0.05) is 12.6 Å². The van der Waals surface area contributed by atoms with E-state index in [0.29, 0.717) is 6.54 Å². The van der Waals surface area contributed by atoms with Crippen molar-refractivity contribution in [2.24, 2.45) is 5.41 Å². The Labute approximate surface area is 146 Å². The summed E-state index contributed by atoms with van der Waals surface area (Å²) in [7, 11) is 0. The van der Waals surface area contributed by atoms with E-state index in [1.54, 1.807) is 0 Å². The van der Waals surface area contributed by atoms with Crippen molar-refractivity contribution in [3.63, 3.8) is 0 Å². The molecule has 2 rings (SSSR count). The third-order valence-corrected chi connectivity index (χ3v) is 5.56. The molecule has 24 heavy (non-hydrogen) atoms. The van der Waals surface area contributed by atoms with Crippen molar-refractivity contribution in [3.05, 3.63) is 35.4 Å². The molecular weight excluding hydrogens is 300 g/mol. The van der Waals surface area contributed by atoms with Crippen LogP contribution >= 0.6 is 0 Å². The second-order valence-corrected chi connectivity index (χ2v) is 7.39. The lowest BCUT2D eigenvalue weighted by Crippen LogP contribution is -2.47. The van der Waals surface area contributed by atoms with E-state index in [4.69, 9.17) is 0 Å². The molecule has 0 aromatic heterocycles. The highest BCUT2D eigenvalue weighted by molar-refractivity contribution is 5.78. The molecule has 134 valence electrons. The quantitative estimate of drug-likeness (QED) is 0.807. The molecule has 1 aromatic rings. The van der Waals surface area contributed by atoms with Gasteiger partial charge in [0.1, 0.15) is 0 Å². The van der Waals surface area contributed by atoms with Crippen molar-refractivity contribution >= 4 is 5.91 Å². The molecule has 4 nitrogen and oxygen atoms in total. The third-order valence-electron chi connectivity index (χ3n) is 5.56. The molecule has 1 saturated heterocycles. The van der Waals surface area contributed by atoms with E-state index in [-0.39, 0.29) is 24.0 Å². The Morgan fingerprint density at radius 3 is 2.58 bits per heavy atom. The number of carbonyl (C=O) groups is 1. The van der Waals surface area contributed by atoms with Crippen LogP contribution in [0.15, 0.2) is 24.3 Å². The highest BCUT2D eigenvalue weighted by Crippen LogP contribution is 2.33. The van der Waals surface area contributed by atoms with Gasteiger partial charge < -0.3 is 10.4 Å². The molecular formula is C20H32N2O2. The van der Waals surface area contributed by atoms with Gasteiger partial charge in [0.15, 0.2) is 0 Å². The van der Waals surface area contributed by atoms with Gasteiger partial charge in [-0.3, -0.25) is 9.69 Å². The molecule has 1 aliphatic rings. The number of rotatable bonds is 7. The van der Waals surface area contributed by atoms with Gasteiger partial charge in [-0.15, -0.1) is 0 Å². The summed E-state index contributed by atoms with van der Waals surface area (Å²) in [6, 6.07) is 8.46. The first-order valence-corrected chi connectivity index (χ1v) is 9.15. The minimum Gasteiger partial charge on any atom is -0.396 e. The van der Waals surface area contributed by atoms with Crippen molar-refractivity contribution in [1.82, 2.24) is 10.2 Å². The lowest BCUT2D eigenvalue weighted by Gasteiger charge is -2.40. The van der Waals surface area contributed by atoms with Crippen LogP contribution in [0.25, 0.3) is 0 Å². The van der Waals surface area contributed by atoms with Crippen LogP contribution in [-0.2, 0) is 11.2 Å². The molecule has 1 heterocycles. The van der Waals surface area contributed by atoms with Gasteiger partial charge >= 0.3 is 0 Å². The highest BCUT2D eigenvalue weighted by atomic mass is 16.3. The Bertz CT molecular complexity index is 530. The number of benzene rings is 1. The summed E-state index contributed by atoms with van der Waals surface area (Å²) in [4.78, 5) is 14.5. The fourth-order valence-corrected chi connectivity index (χ4v) is 3.55. The minimum absolute atomic E-state index is 0.0745. The van der Waals surface area contributed by atoms with Gasteiger partial charge in [-0.2, -0.15) is 0 Å². The van der Waals surface area contributed by atoms with Gasteiger partial charge in [0.2, 0.25) is 5.91 Å². The maximum atomic E-state index is 12.3. The number of nitrogens with one attached hydrogen (secondary N) is 1. The molecule has 1 atom stereocenters. The summed E-state index contributed by atoms with van der Waals surface area (Å²) in [5.74, 6) is 0.101. The van der Waals surface area contributed by atoms with Crippen LogP contribution in [-0.4, -0.2) is 48.2 Å². The Hall–Kier alpha value is -1.39. The zero-order chi connectivity index (χ0) is 17.6. The van der Waals surface area contributed by atoms with E-state index in [2.05, 4.69) is 43.1 Å². The molecule has 0 saturated carbocycles. The number of hydrogen-bond donors (Lipinski definition) is 2. The molecule has 1 unspecified atom stereocenters. The summed E-state index contributed by atoms with van der Waals surface area (Å²) in [5.41, 5.74) is 2.64. The predicted octanol–water partition coefficient (Wildman–Crippen LogP) is 2.53. The standard InChI is InChI=1S/C20H32N2O2/c1-4-20(15-23)9-11-22(12-10-20)14-19(24)21-17(3)13-18-8-6-5-7-16(18)2/h5-8,17,23H,4,9-15H2,1-3H3,(H,21,24). The average Bonchev–Trinajstić information content (AvgIpc) is 2.58. The molecule has 1 aliphatic heterocycles. The Balaban J connectivity index is 1.76. The number of likely N-dealkylation sites (tertiary alicyclic amines) is 1. The molecule has 0 radical (unpaired) electrons. The van der Waals surface area contributed by atoms with Crippen LogP contribution in [0, 0.1) is 12.3 Å². The molecule has 0 aliphatic carbocycles. The SMILES string of the molecule is CCC1(CO)CCN(CC(=O)NC(C)Cc2ccccc2C)CC1. The van der Waals surface area contributed by atoms with E-state index >= 15 is 0 Å². The fraction of sp³-hybridized carbons (Fsp3) is 0.650. The predicted molar refractivity (Wildman–Crippen MR) is 98.0 cm³/mol. The number of carbonyl (C=O) groups excluding carboxylic acids is 1. The van der Waals surface area contributed by atoms with E-state index in [1.165, 1.54) is 11.1 Å². The first-order chi connectivity index (χ1) is 11.5. The molecule has 2 N–H and O–H groups in total. The Morgan fingerprint density at radius 2 is 2.00 bits per heavy atom. The monoisotopic (exact) mass is 332 g/mol. The van der Waals surface area contributed by atoms with Crippen LogP contribution in [0.4, 0.5) is 0 Å². The minimum atomic E-state index is 0.0745. The van der Waals surface area contributed by atoms with Crippen molar-refractivity contribution in [3.8, 4) is 0 Å². The second kappa shape index (κ2) is 8.63.